The van der Waals surface area contributed by atoms with Crippen LogP contribution in [0.15, 0.2) is 224 Å². The lowest BCUT2D eigenvalue weighted by molar-refractivity contribution is 1.07. The van der Waals surface area contributed by atoms with Crippen LogP contribution in [0.4, 0.5) is 0 Å². The summed E-state index contributed by atoms with van der Waals surface area (Å²) in [5, 5.41) is 5.76. The Bertz CT molecular complexity index is 3660. The normalized spacial score (nSPS) is 11.5. The zero-order valence-electron chi connectivity index (χ0n) is 34.1. The van der Waals surface area contributed by atoms with Gasteiger partial charge in [-0.15, -0.1) is 0 Å². The molecule has 0 aliphatic heterocycles. The second-order valence-electron chi connectivity index (χ2n) is 15.8. The van der Waals surface area contributed by atoms with Gasteiger partial charge in [0.1, 0.15) is 0 Å². The smallest absolute Gasteiger partial charge is 0.164 e. The van der Waals surface area contributed by atoms with E-state index in [0.29, 0.717) is 17.5 Å². The molecule has 3 heterocycles. The fourth-order valence-electron chi connectivity index (χ4n) is 9.02. The van der Waals surface area contributed by atoms with Crippen molar-refractivity contribution in [2.45, 2.75) is 0 Å². The predicted molar refractivity (Wildman–Crippen MR) is 260 cm³/mol. The molecule has 0 spiro atoms. The Labute approximate surface area is 364 Å². The summed E-state index contributed by atoms with van der Waals surface area (Å²) in [6, 6.07) is 78.6. The van der Waals surface area contributed by atoms with Gasteiger partial charge >= 0.3 is 0 Å². The SMILES string of the molecule is c1ccc(-c2cccc(-c3nc(-c4ccccc4)nc(-c4cccc(-c5ccc6c(c5)c5ccc7c8ccccc8c(-c8ccccc8)nc7c5n6-c5ccccc5)c4)n3)c2)cc1. The van der Waals surface area contributed by atoms with Gasteiger partial charge in [-0.25, -0.2) is 19.9 Å². The van der Waals surface area contributed by atoms with Crippen LogP contribution in [0.3, 0.4) is 0 Å². The quantitative estimate of drug-likeness (QED) is 0.151. The average Bonchev–Trinajstić information content (AvgIpc) is 3.71. The number of para-hydroxylation sites is 1. The van der Waals surface area contributed by atoms with Crippen LogP contribution < -0.4 is 0 Å². The first kappa shape index (κ1) is 36.3. The maximum absolute atomic E-state index is 5.55. The summed E-state index contributed by atoms with van der Waals surface area (Å²) >= 11 is 0. The maximum atomic E-state index is 5.55. The number of rotatable bonds is 7. The highest BCUT2D eigenvalue weighted by atomic mass is 15.0. The fraction of sp³-hybridized carbons (Fsp3) is 0. The summed E-state index contributed by atoms with van der Waals surface area (Å²) in [6.45, 7) is 0. The summed E-state index contributed by atoms with van der Waals surface area (Å²) in [5.41, 5.74) is 13.5. The van der Waals surface area contributed by atoms with E-state index in [1.165, 1.54) is 5.39 Å². The second kappa shape index (κ2) is 15.2. The molecular weight excluding hydrogens is 767 g/mol. The third kappa shape index (κ3) is 6.42. The zero-order chi connectivity index (χ0) is 41.7. The molecule has 3 aromatic heterocycles. The molecule has 0 aliphatic rings. The largest absolute Gasteiger partial charge is 0.307 e. The molecule has 0 aliphatic carbocycles. The van der Waals surface area contributed by atoms with Crippen LogP contribution in [0.2, 0.25) is 0 Å². The van der Waals surface area contributed by atoms with Crippen molar-refractivity contribution in [1.29, 1.82) is 0 Å². The Balaban J connectivity index is 1.03. The molecule has 0 amide bonds. The van der Waals surface area contributed by atoms with Crippen molar-refractivity contribution in [3.63, 3.8) is 0 Å². The number of hydrogen-bond donors (Lipinski definition) is 0. The lowest BCUT2D eigenvalue weighted by Gasteiger charge is -2.13. The Morgan fingerprint density at radius 2 is 0.746 bits per heavy atom. The topological polar surface area (TPSA) is 56.5 Å². The Morgan fingerprint density at radius 3 is 1.40 bits per heavy atom. The van der Waals surface area contributed by atoms with E-state index in [9.17, 15) is 0 Å². The highest BCUT2D eigenvalue weighted by Crippen LogP contribution is 2.42. The standard InChI is InChI=1S/C58H37N5/c1-5-17-38(18-6-1)41-23-15-25-44(35-41)57-60-56(40-21-9-3-10-22-40)61-58(62-57)45-26-16-24-42(36-45)43-31-34-52-51(37-43)50-33-32-49-47-29-13-14-30-48(47)53(39-19-7-2-8-20-39)59-54(49)55(50)63(52)46-27-11-4-12-28-46/h1-37H. The van der Waals surface area contributed by atoms with Crippen LogP contribution in [0.5, 0.6) is 0 Å². The number of hydrogen-bond acceptors (Lipinski definition) is 4. The maximum Gasteiger partial charge on any atom is 0.164 e. The van der Waals surface area contributed by atoms with Crippen LogP contribution in [0.25, 0.3) is 117 Å². The molecule has 0 atom stereocenters. The van der Waals surface area contributed by atoms with Crippen molar-refractivity contribution in [2.24, 2.45) is 0 Å². The van der Waals surface area contributed by atoms with Crippen molar-refractivity contribution < 1.29 is 0 Å². The number of nitrogens with zero attached hydrogens (tertiary/aromatic N) is 5. The zero-order valence-corrected chi connectivity index (χ0v) is 34.1. The third-order valence-corrected chi connectivity index (χ3v) is 12.0. The lowest BCUT2D eigenvalue weighted by Crippen LogP contribution is -2.00. The highest BCUT2D eigenvalue weighted by Gasteiger charge is 2.20. The summed E-state index contributed by atoms with van der Waals surface area (Å²) in [7, 11) is 0. The monoisotopic (exact) mass is 803 g/mol. The molecule has 0 N–H and O–H groups in total. The minimum atomic E-state index is 0.617. The van der Waals surface area contributed by atoms with Gasteiger partial charge < -0.3 is 4.57 Å². The van der Waals surface area contributed by atoms with E-state index in [1.54, 1.807) is 0 Å². The van der Waals surface area contributed by atoms with E-state index in [-0.39, 0.29) is 0 Å². The van der Waals surface area contributed by atoms with Gasteiger partial charge in [0.15, 0.2) is 17.5 Å². The Morgan fingerprint density at radius 1 is 0.270 bits per heavy atom. The van der Waals surface area contributed by atoms with E-state index in [4.69, 9.17) is 19.9 Å². The predicted octanol–water partition coefficient (Wildman–Crippen LogP) is 14.7. The first-order valence-corrected chi connectivity index (χ1v) is 21.2. The summed E-state index contributed by atoms with van der Waals surface area (Å²) in [4.78, 5) is 20.8. The van der Waals surface area contributed by atoms with Gasteiger partial charge in [0.25, 0.3) is 0 Å². The highest BCUT2D eigenvalue weighted by molar-refractivity contribution is 6.23. The molecule has 0 bridgehead atoms. The molecular formula is C58H37N5. The van der Waals surface area contributed by atoms with Crippen molar-refractivity contribution >= 4 is 43.5 Å². The van der Waals surface area contributed by atoms with Gasteiger partial charge in [-0.3, -0.25) is 0 Å². The van der Waals surface area contributed by atoms with Crippen LogP contribution in [0, 0.1) is 0 Å². The van der Waals surface area contributed by atoms with Crippen molar-refractivity contribution in [1.82, 2.24) is 24.5 Å². The van der Waals surface area contributed by atoms with E-state index in [1.807, 2.05) is 36.4 Å². The van der Waals surface area contributed by atoms with Gasteiger partial charge in [0, 0.05) is 49.5 Å². The van der Waals surface area contributed by atoms with Gasteiger partial charge in [-0.2, -0.15) is 0 Å². The summed E-state index contributed by atoms with van der Waals surface area (Å²) in [6.07, 6.45) is 0. The van der Waals surface area contributed by atoms with E-state index in [2.05, 4.69) is 193 Å². The average molecular weight is 804 g/mol. The molecule has 12 aromatic rings. The first-order chi connectivity index (χ1) is 31.2. The molecule has 5 nitrogen and oxygen atoms in total. The Kier molecular flexibility index (Phi) is 8.75. The molecule has 0 radical (unpaired) electrons. The summed E-state index contributed by atoms with van der Waals surface area (Å²) in [5.74, 6) is 1.87. The van der Waals surface area contributed by atoms with Crippen molar-refractivity contribution in [3.05, 3.63) is 224 Å². The molecule has 0 saturated heterocycles. The van der Waals surface area contributed by atoms with Crippen LogP contribution in [-0.4, -0.2) is 24.5 Å². The molecule has 0 unspecified atom stereocenters. The summed E-state index contributed by atoms with van der Waals surface area (Å²) < 4.78 is 2.38. The Hall–Kier alpha value is -8.54. The molecule has 63 heavy (non-hydrogen) atoms. The van der Waals surface area contributed by atoms with Gasteiger partial charge in [-0.05, 0) is 64.0 Å². The van der Waals surface area contributed by atoms with Gasteiger partial charge in [0.2, 0.25) is 0 Å². The number of pyridine rings is 1. The third-order valence-electron chi connectivity index (χ3n) is 12.0. The number of fused-ring (bicyclic) bond motifs is 7. The minimum absolute atomic E-state index is 0.617. The van der Waals surface area contributed by atoms with Crippen LogP contribution in [-0.2, 0) is 0 Å². The number of benzene rings is 9. The number of aromatic nitrogens is 5. The molecule has 0 saturated carbocycles. The van der Waals surface area contributed by atoms with Crippen molar-refractivity contribution in [3.8, 4) is 73.4 Å². The van der Waals surface area contributed by atoms with E-state index < -0.39 is 0 Å². The van der Waals surface area contributed by atoms with E-state index >= 15 is 0 Å². The fourth-order valence-corrected chi connectivity index (χ4v) is 9.02. The lowest BCUT2D eigenvalue weighted by atomic mass is 9.98. The molecule has 0 fully saturated rings. The second-order valence-corrected chi connectivity index (χ2v) is 15.8. The molecule has 12 rings (SSSR count). The van der Waals surface area contributed by atoms with E-state index in [0.717, 1.165) is 94.0 Å². The molecule has 5 heteroatoms. The first-order valence-electron chi connectivity index (χ1n) is 21.2. The van der Waals surface area contributed by atoms with Gasteiger partial charge in [0.05, 0.1) is 22.2 Å². The van der Waals surface area contributed by atoms with Crippen molar-refractivity contribution in [2.75, 3.05) is 0 Å². The molecule has 9 aromatic carbocycles. The molecule has 294 valence electrons. The van der Waals surface area contributed by atoms with Crippen LogP contribution >= 0.6 is 0 Å². The van der Waals surface area contributed by atoms with Gasteiger partial charge in [-0.1, -0.05) is 188 Å². The van der Waals surface area contributed by atoms with Crippen LogP contribution in [0.1, 0.15) is 0 Å². The minimum Gasteiger partial charge on any atom is -0.307 e.